The van der Waals surface area contributed by atoms with Gasteiger partial charge in [0.05, 0.1) is 23.3 Å². The van der Waals surface area contributed by atoms with Crippen molar-refractivity contribution in [2.75, 3.05) is 26.5 Å². The Labute approximate surface area is 195 Å². The van der Waals surface area contributed by atoms with Crippen LogP contribution in [0.3, 0.4) is 0 Å². The molecule has 10 heteroatoms. The minimum Gasteiger partial charge on any atom is -0.347 e. The van der Waals surface area contributed by atoms with Gasteiger partial charge in [0.2, 0.25) is 5.91 Å². The van der Waals surface area contributed by atoms with Gasteiger partial charge in [0.15, 0.2) is 0 Å². The van der Waals surface area contributed by atoms with Crippen molar-refractivity contribution in [3.63, 3.8) is 0 Å². The number of carbonyl (C=O) groups is 3. The Morgan fingerprint density at radius 1 is 1.21 bits per heavy atom. The Balaban J connectivity index is 1.66. The van der Waals surface area contributed by atoms with Gasteiger partial charge in [-0.2, -0.15) is 5.10 Å². The highest BCUT2D eigenvalue weighted by Crippen LogP contribution is 2.29. The van der Waals surface area contributed by atoms with Crippen LogP contribution in [0.1, 0.15) is 17.2 Å². The van der Waals surface area contributed by atoms with Crippen LogP contribution < -0.4 is 10.6 Å². The maximum atomic E-state index is 13.4. The molecule has 9 nitrogen and oxygen atoms in total. The van der Waals surface area contributed by atoms with Gasteiger partial charge in [0.25, 0.3) is 5.91 Å². The highest BCUT2D eigenvalue weighted by Gasteiger charge is 2.30. The number of rotatable bonds is 5. The third-order valence-corrected chi connectivity index (χ3v) is 5.72. The van der Waals surface area contributed by atoms with Gasteiger partial charge in [-0.15, -0.1) is 0 Å². The van der Waals surface area contributed by atoms with Crippen LogP contribution in [0, 0.1) is 12.7 Å². The average molecular weight is 465 g/mol. The molecule has 176 valence electrons. The summed E-state index contributed by atoms with van der Waals surface area (Å²) in [5.74, 6) is -0.935. The SMILES string of the molecule is Cc1cc2cnn(CC(=O)N(C)C)c2cc1NC(=O)C1=CN(C)C(=O)NC1c1ccc(F)cc1. The molecule has 1 aliphatic heterocycles. The van der Waals surface area contributed by atoms with Crippen LogP contribution in [0.5, 0.6) is 0 Å². The van der Waals surface area contributed by atoms with Crippen LogP contribution in [-0.2, 0) is 16.1 Å². The number of benzene rings is 2. The van der Waals surface area contributed by atoms with E-state index in [9.17, 15) is 18.8 Å². The lowest BCUT2D eigenvalue weighted by Crippen LogP contribution is -2.44. The van der Waals surface area contributed by atoms with E-state index >= 15 is 0 Å². The van der Waals surface area contributed by atoms with Crippen molar-refractivity contribution in [3.8, 4) is 0 Å². The third-order valence-electron chi connectivity index (χ3n) is 5.72. The number of fused-ring (bicyclic) bond motifs is 1. The second-order valence-corrected chi connectivity index (χ2v) is 8.40. The zero-order chi connectivity index (χ0) is 24.6. The highest BCUT2D eigenvalue weighted by atomic mass is 19.1. The van der Waals surface area contributed by atoms with Crippen molar-refractivity contribution < 1.29 is 18.8 Å². The first-order valence-electron chi connectivity index (χ1n) is 10.6. The van der Waals surface area contributed by atoms with E-state index in [-0.39, 0.29) is 18.5 Å². The average Bonchev–Trinajstić information content (AvgIpc) is 3.17. The number of halogens is 1. The summed E-state index contributed by atoms with van der Waals surface area (Å²) >= 11 is 0. The Hall–Kier alpha value is -4.21. The van der Waals surface area contributed by atoms with Crippen LogP contribution in [0.4, 0.5) is 14.9 Å². The van der Waals surface area contributed by atoms with Crippen LogP contribution >= 0.6 is 0 Å². The molecular weight excluding hydrogens is 439 g/mol. The van der Waals surface area contributed by atoms with Gasteiger partial charge in [-0.25, -0.2) is 9.18 Å². The fourth-order valence-electron chi connectivity index (χ4n) is 3.72. The molecule has 2 aromatic carbocycles. The number of likely N-dealkylation sites (N-methyl/N-ethyl adjacent to an activating group) is 1. The van der Waals surface area contributed by atoms with E-state index in [4.69, 9.17) is 0 Å². The zero-order valence-corrected chi connectivity index (χ0v) is 19.3. The Morgan fingerprint density at radius 2 is 1.91 bits per heavy atom. The molecule has 4 rings (SSSR count). The van der Waals surface area contributed by atoms with Crippen molar-refractivity contribution in [2.45, 2.75) is 19.5 Å². The Kier molecular flexibility index (Phi) is 6.06. The van der Waals surface area contributed by atoms with E-state index in [0.29, 0.717) is 22.3 Å². The highest BCUT2D eigenvalue weighted by molar-refractivity contribution is 6.07. The van der Waals surface area contributed by atoms with Crippen LogP contribution in [0.2, 0.25) is 0 Å². The Morgan fingerprint density at radius 3 is 2.59 bits per heavy atom. The normalized spacial score (nSPS) is 15.7. The molecule has 1 aromatic heterocycles. The third kappa shape index (κ3) is 4.47. The molecule has 0 radical (unpaired) electrons. The molecule has 1 unspecified atom stereocenters. The van der Waals surface area contributed by atoms with Gasteiger partial charge in [0, 0.05) is 38.4 Å². The summed E-state index contributed by atoms with van der Waals surface area (Å²) in [7, 11) is 4.89. The van der Waals surface area contributed by atoms with E-state index in [1.807, 2.05) is 13.0 Å². The van der Waals surface area contributed by atoms with Gasteiger partial charge in [-0.05, 0) is 42.3 Å². The molecule has 3 aromatic rings. The number of hydrogen-bond donors (Lipinski definition) is 2. The van der Waals surface area contributed by atoms with Crippen molar-refractivity contribution in [1.29, 1.82) is 0 Å². The van der Waals surface area contributed by atoms with Crippen LogP contribution in [0.15, 0.2) is 54.4 Å². The lowest BCUT2D eigenvalue weighted by Gasteiger charge is -2.30. The molecule has 4 amide bonds. The number of nitrogens with zero attached hydrogens (tertiary/aromatic N) is 4. The first kappa shape index (κ1) is 23.0. The molecule has 1 atom stereocenters. The van der Waals surface area contributed by atoms with E-state index in [1.54, 1.807) is 38.1 Å². The number of amides is 4. The van der Waals surface area contributed by atoms with E-state index in [1.165, 1.54) is 40.3 Å². The van der Waals surface area contributed by atoms with Gasteiger partial charge in [-0.1, -0.05) is 12.1 Å². The van der Waals surface area contributed by atoms with Crippen molar-refractivity contribution in [3.05, 3.63) is 71.3 Å². The number of nitrogens with one attached hydrogen (secondary N) is 2. The quantitative estimate of drug-likeness (QED) is 0.607. The summed E-state index contributed by atoms with van der Waals surface area (Å²) in [5, 5.41) is 10.8. The van der Waals surface area contributed by atoms with Gasteiger partial charge in [0.1, 0.15) is 12.4 Å². The number of urea groups is 1. The summed E-state index contributed by atoms with van der Waals surface area (Å²) in [6, 6.07) is 8.17. The molecule has 0 fully saturated rings. The molecular formula is C24H25FN6O3. The molecule has 0 saturated carbocycles. The number of aryl methyl sites for hydroxylation is 1. The van der Waals surface area contributed by atoms with Crippen molar-refractivity contribution in [2.24, 2.45) is 0 Å². The fourth-order valence-corrected chi connectivity index (χ4v) is 3.72. The molecule has 0 aliphatic carbocycles. The second-order valence-electron chi connectivity index (χ2n) is 8.40. The maximum absolute atomic E-state index is 13.4. The summed E-state index contributed by atoms with van der Waals surface area (Å²) in [4.78, 5) is 40.5. The van der Waals surface area contributed by atoms with E-state index < -0.39 is 17.8 Å². The van der Waals surface area contributed by atoms with E-state index in [0.717, 1.165) is 10.9 Å². The standard InChI is InChI=1S/C24H25FN6O3/c1-14-9-16-11-26-31(13-21(32)29(2)3)20(16)10-19(14)27-23(33)18-12-30(4)24(34)28-22(18)15-5-7-17(25)8-6-15/h5-12,22H,13H2,1-4H3,(H,27,33)(H,28,34). The van der Waals surface area contributed by atoms with Gasteiger partial charge >= 0.3 is 6.03 Å². The van der Waals surface area contributed by atoms with Gasteiger partial charge < -0.3 is 20.4 Å². The molecule has 2 N–H and O–H groups in total. The van der Waals surface area contributed by atoms with E-state index in [2.05, 4.69) is 15.7 Å². The number of carbonyl (C=O) groups excluding carboxylic acids is 3. The van der Waals surface area contributed by atoms with Crippen LogP contribution in [-0.4, -0.2) is 58.6 Å². The smallest absolute Gasteiger partial charge is 0.321 e. The maximum Gasteiger partial charge on any atom is 0.321 e. The minimum atomic E-state index is -0.739. The second kappa shape index (κ2) is 8.97. The zero-order valence-electron chi connectivity index (χ0n) is 19.3. The predicted molar refractivity (Wildman–Crippen MR) is 125 cm³/mol. The summed E-state index contributed by atoms with van der Waals surface area (Å²) in [5.41, 5.74) is 2.94. The Bertz CT molecular complexity index is 1310. The molecule has 0 spiro atoms. The lowest BCUT2D eigenvalue weighted by atomic mass is 9.97. The monoisotopic (exact) mass is 464 g/mol. The van der Waals surface area contributed by atoms with Crippen LogP contribution in [0.25, 0.3) is 10.9 Å². The van der Waals surface area contributed by atoms with Gasteiger partial charge in [-0.3, -0.25) is 14.3 Å². The molecule has 2 heterocycles. The number of aromatic nitrogens is 2. The largest absolute Gasteiger partial charge is 0.347 e. The summed E-state index contributed by atoms with van der Waals surface area (Å²) in [6.07, 6.45) is 3.14. The van der Waals surface area contributed by atoms with Crippen molar-refractivity contribution in [1.82, 2.24) is 24.9 Å². The first-order chi connectivity index (χ1) is 16.1. The first-order valence-corrected chi connectivity index (χ1v) is 10.6. The minimum absolute atomic E-state index is 0.0710. The van der Waals surface area contributed by atoms with Crippen molar-refractivity contribution >= 4 is 34.4 Å². The molecule has 1 aliphatic rings. The summed E-state index contributed by atoms with van der Waals surface area (Å²) < 4.78 is 15.0. The topological polar surface area (TPSA) is 99.6 Å². The number of hydrogen-bond acceptors (Lipinski definition) is 4. The fraction of sp³-hybridized carbons (Fsp3) is 0.250. The summed E-state index contributed by atoms with van der Waals surface area (Å²) in [6.45, 7) is 1.93. The molecule has 0 bridgehead atoms. The molecule has 34 heavy (non-hydrogen) atoms. The lowest BCUT2D eigenvalue weighted by molar-refractivity contribution is -0.129. The predicted octanol–water partition coefficient (Wildman–Crippen LogP) is 2.79. The number of anilines is 1. The molecule has 0 saturated heterocycles.